The maximum atomic E-state index is 11.8. The Hall–Kier alpha value is -0.840. The van der Waals surface area contributed by atoms with Gasteiger partial charge in [0.25, 0.3) is 0 Å². The molecule has 4 nitrogen and oxygen atoms in total. The average molecular weight is 230 g/mol. The number of benzene rings is 1. The van der Waals surface area contributed by atoms with Gasteiger partial charge in [-0.2, -0.15) is 0 Å². The molecule has 1 aromatic carbocycles. The van der Waals surface area contributed by atoms with Crippen LogP contribution in [-0.4, -0.2) is 53.9 Å². The molecule has 0 aliphatic carbocycles. The zero-order chi connectivity index (χ0) is 12.1. The number of hydrogen-bond donors (Lipinski definition) is 0. The summed E-state index contributed by atoms with van der Waals surface area (Å²) in [5.74, 6) is 0.0215. The van der Waals surface area contributed by atoms with Crippen molar-refractivity contribution < 1.29 is 19.1 Å². The first-order valence-corrected chi connectivity index (χ1v) is 6.01. The van der Waals surface area contributed by atoms with Crippen LogP contribution >= 0.6 is 0 Å². The van der Waals surface area contributed by atoms with Gasteiger partial charge in [-0.1, -0.05) is 0 Å². The number of ether oxygens (including phenoxy) is 2. The van der Waals surface area contributed by atoms with E-state index < -0.39 is 9.14 Å². The summed E-state index contributed by atoms with van der Waals surface area (Å²) in [7, 11) is 2.84. The van der Waals surface area contributed by atoms with Crippen molar-refractivity contribution in [1.82, 2.24) is 0 Å². The summed E-state index contributed by atoms with van der Waals surface area (Å²) >= 11 is 0.445. The minimum atomic E-state index is -0.640. The van der Waals surface area contributed by atoms with E-state index in [1.807, 2.05) is 0 Å². The van der Waals surface area contributed by atoms with Gasteiger partial charge >= 0.3 is 112 Å². The fourth-order valence-corrected chi connectivity index (χ4v) is 1.86. The number of carbonyl (C=O) groups is 2. The van der Waals surface area contributed by atoms with Crippen LogP contribution < -0.4 is 4.74 Å². The van der Waals surface area contributed by atoms with Crippen molar-refractivity contribution in [3.05, 3.63) is 29.8 Å². The molecule has 0 fully saturated rings. The quantitative estimate of drug-likeness (QED) is 0.335. The zero-order valence-corrected chi connectivity index (χ0v) is 11.5. The molecule has 0 radical (unpaired) electrons. The number of hydrogen-bond acceptors (Lipinski definition) is 4. The normalized spacial score (nSPS) is 11.8. The molecular formula is C11H11NaO4. The van der Waals surface area contributed by atoms with Crippen molar-refractivity contribution in [3.63, 3.8) is 0 Å². The van der Waals surface area contributed by atoms with Crippen LogP contribution in [0.2, 0.25) is 3.17 Å². The molecule has 1 atom stereocenters. The van der Waals surface area contributed by atoms with Gasteiger partial charge in [-0.25, -0.2) is 0 Å². The predicted molar refractivity (Wildman–Crippen MR) is 58.8 cm³/mol. The molecule has 0 saturated carbocycles. The second-order valence-corrected chi connectivity index (χ2v) is 4.49. The number of rotatable bonds is 4. The molecule has 0 aromatic heterocycles. The number of methoxy groups -OCH3 is 2. The first kappa shape index (κ1) is 13.2. The molecule has 16 heavy (non-hydrogen) atoms. The topological polar surface area (TPSA) is 52.6 Å². The van der Waals surface area contributed by atoms with E-state index in [1.165, 1.54) is 7.11 Å². The second-order valence-electron chi connectivity index (χ2n) is 3.34. The fraction of sp³-hybridized carbons (Fsp3) is 0.273. The molecule has 0 aliphatic heterocycles. The second kappa shape index (κ2) is 6.03. The van der Waals surface area contributed by atoms with E-state index in [0.29, 0.717) is 39.2 Å². The minimum absolute atomic E-state index is 0.193. The number of carbonyl (C=O) groups excluding carboxylic acids is 2. The molecule has 1 aromatic rings. The van der Waals surface area contributed by atoms with E-state index in [2.05, 4.69) is 4.74 Å². The third kappa shape index (κ3) is 3.07. The van der Waals surface area contributed by atoms with E-state index in [9.17, 15) is 9.59 Å². The van der Waals surface area contributed by atoms with Crippen LogP contribution in [0.5, 0.6) is 5.75 Å². The van der Waals surface area contributed by atoms with Crippen molar-refractivity contribution in [2.45, 2.75) is 3.17 Å². The Kier molecular flexibility index (Phi) is 4.99. The van der Waals surface area contributed by atoms with Crippen molar-refractivity contribution in [3.8, 4) is 5.75 Å². The summed E-state index contributed by atoms with van der Waals surface area (Å²) in [6, 6.07) is 6.68. The van der Waals surface area contributed by atoms with Crippen molar-refractivity contribution >= 4 is 39.7 Å². The molecule has 1 unspecified atom stereocenters. The van der Waals surface area contributed by atoms with Gasteiger partial charge in [0, 0.05) is 0 Å². The van der Waals surface area contributed by atoms with Gasteiger partial charge in [0.05, 0.1) is 0 Å². The number of ketones is 1. The van der Waals surface area contributed by atoms with Crippen molar-refractivity contribution in [1.29, 1.82) is 0 Å². The van der Waals surface area contributed by atoms with E-state index in [0.717, 1.165) is 0 Å². The Balaban J connectivity index is 2.84. The van der Waals surface area contributed by atoms with Crippen LogP contribution in [0.15, 0.2) is 24.3 Å². The molecule has 80 valence electrons. The zero-order valence-electron chi connectivity index (χ0n) is 9.52. The summed E-state index contributed by atoms with van der Waals surface area (Å²) in [4.78, 5) is 23.1. The van der Waals surface area contributed by atoms with Crippen LogP contribution in [-0.2, 0) is 9.53 Å². The van der Waals surface area contributed by atoms with E-state index in [1.54, 1.807) is 31.4 Å². The Bertz CT molecular complexity index is 385. The van der Waals surface area contributed by atoms with E-state index in [-0.39, 0.29) is 5.78 Å². The third-order valence-corrected chi connectivity index (χ3v) is 3.32. The van der Waals surface area contributed by atoms with Crippen LogP contribution in [0.25, 0.3) is 0 Å². The number of Topliss-reactive ketones (excluding diaryl/α,β-unsaturated/α-hetero) is 1. The third-order valence-electron chi connectivity index (χ3n) is 2.32. The average Bonchev–Trinajstić information content (AvgIpc) is 2.36. The molecule has 5 heteroatoms. The molecule has 0 heterocycles. The number of esters is 1. The first-order chi connectivity index (χ1) is 7.60. The molecule has 0 saturated heterocycles. The summed E-state index contributed by atoms with van der Waals surface area (Å²) < 4.78 is 8.89. The molecule has 0 bridgehead atoms. The summed E-state index contributed by atoms with van der Waals surface area (Å²) in [6.45, 7) is 0. The van der Waals surface area contributed by atoms with Crippen LogP contribution in [0.1, 0.15) is 10.4 Å². The van der Waals surface area contributed by atoms with E-state index in [4.69, 9.17) is 4.74 Å². The van der Waals surface area contributed by atoms with Crippen LogP contribution in [0, 0.1) is 0 Å². The van der Waals surface area contributed by atoms with Crippen LogP contribution in [0.4, 0.5) is 0 Å². The Labute approximate surface area is 111 Å². The van der Waals surface area contributed by atoms with Gasteiger partial charge in [0.2, 0.25) is 0 Å². The van der Waals surface area contributed by atoms with Gasteiger partial charge in [0.1, 0.15) is 0 Å². The summed E-state index contributed by atoms with van der Waals surface area (Å²) in [5, 5.41) is 0. The Morgan fingerprint density at radius 1 is 1.19 bits per heavy atom. The van der Waals surface area contributed by atoms with Gasteiger partial charge < -0.3 is 0 Å². The summed E-state index contributed by atoms with van der Waals surface area (Å²) in [5.41, 5.74) is 0.506. The van der Waals surface area contributed by atoms with Crippen molar-refractivity contribution in [2.24, 2.45) is 0 Å². The molecule has 0 spiro atoms. The Morgan fingerprint density at radius 3 is 2.19 bits per heavy atom. The molecule has 0 aliphatic rings. The van der Waals surface area contributed by atoms with Gasteiger partial charge in [-0.15, -0.1) is 0 Å². The van der Waals surface area contributed by atoms with Crippen LogP contribution in [0.3, 0.4) is 0 Å². The molecule has 0 N–H and O–H groups in total. The maximum absolute atomic E-state index is 11.8. The van der Waals surface area contributed by atoms with Gasteiger partial charge in [0.15, 0.2) is 0 Å². The molecular weight excluding hydrogens is 219 g/mol. The molecule has 1 rings (SSSR count). The fourth-order valence-electron chi connectivity index (χ4n) is 1.29. The van der Waals surface area contributed by atoms with E-state index >= 15 is 0 Å². The van der Waals surface area contributed by atoms with Crippen molar-refractivity contribution in [2.75, 3.05) is 14.2 Å². The monoisotopic (exact) mass is 230 g/mol. The predicted octanol–water partition coefficient (Wildman–Crippen LogP) is 1.01. The van der Waals surface area contributed by atoms with Gasteiger partial charge in [-0.05, 0) is 0 Å². The first-order valence-electron chi connectivity index (χ1n) is 4.86. The SMILES string of the molecule is COC(=O)[CH]([Na])C(=O)c1ccc(OC)cc1. The molecule has 0 amide bonds. The summed E-state index contributed by atoms with van der Waals surface area (Å²) in [6.07, 6.45) is 0. The standard InChI is InChI=1S/C11H11O4.Na/c1-14-9-5-3-8(4-6-9)10(12)7-11(13)15-2;/h3-7H,1-2H3;. The Morgan fingerprint density at radius 2 is 1.75 bits per heavy atom. The van der Waals surface area contributed by atoms with Gasteiger partial charge in [-0.3, -0.25) is 0 Å².